The number of amides is 4. The van der Waals surface area contributed by atoms with Crippen LogP contribution in [-0.4, -0.2) is 97.5 Å². The van der Waals surface area contributed by atoms with Gasteiger partial charge in [0.2, 0.25) is 27.5 Å². The quantitative estimate of drug-likeness (QED) is 0.239. The van der Waals surface area contributed by atoms with E-state index in [1.165, 1.54) is 0 Å². The SMILES string of the molecule is [C-]#[N+]c1ccc(N2CC3(CCN(c4ccc(S(=O)(=O)N5CCC(CN6Cc7cc8c(cc7C6)C(=O)N(C6CCC(=O)NC6=O)C8=O)CC5)cc4)CC3)C[C@@H]2C)cc1Cl. The number of imide groups is 2. The molecule has 1 spiro atoms. The number of carbonyl (C=O) groups excluding carboxylic acids is 4. The molecule has 0 radical (unpaired) electrons. The maximum atomic E-state index is 13.8. The van der Waals surface area contributed by atoms with Crippen LogP contribution in [0.2, 0.25) is 5.02 Å². The number of fused-ring (bicyclic) bond motifs is 2. The van der Waals surface area contributed by atoms with Gasteiger partial charge in [-0.1, -0.05) is 17.7 Å². The zero-order valence-corrected chi connectivity index (χ0v) is 34.0. The Hall–Kier alpha value is -4.81. The van der Waals surface area contributed by atoms with Crippen LogP contribution in [0.3, 0.4) is 0 Å². The third kappa shape index (κ3) is 6.85. The Morgan fingerprint density at radius 2 is 1.50 bits per heavy atom. The molecule has 1 unspecified atom stereocenters. The van der Waals surface area contributed by atoms with Crippen molar-refractivity contribution in [3.63, 3.8) is 0 Å². The van der Waals surface area contributed by atoms with Crippen LogP contribution < -0.4 is 15.1 Å². The third-order valence-electron chi connectivity index (χ3n) is 13.5. The Morgan fingerprint density at radius 3 is 2.10 bits per heavy atom. The number of hydrogen-bond acceptors (Lipinski definition) is 9. The molecular formula is C43H46ClN7O6S. The lowest BCUT2D eigenvalue weighted by Crippen LogP contribution is -2.54. The Morgan fingerprint density at radius 1 is 0.862 bits per heavy atom. The van der Waals surface area contributed by atoms with Crippen LogP contribution >= 0.6 is 11.6 Å². The van der Waals surface area contributed by atoms with Gasteiger partial charge >= 0.3 is 0 Å². The summed E-state index contributed by atoms with van der Waals surface area (Å²) in [5, 5.41) is 2.73. The van der Waals surface area contributed by atoms with E-state index in [-0.39, 0.29) is 18.3 Å². The van der Waals surface area contributed by atoms with Crippen LogP contribution in [0.4, 0.5) is 17.1 Å². The molecule has 13 nitrogen and oxygen atoms in total. The second kappa shape index (κ2) is 14.8. The Labute approximate surface area is 343 Å². The average molecular weight is 824 g/mol. The normalized spacial score (nSPS) is 24.1. The fourth-order valence-electron chi connectivity index (χ4n) is 10.3. The smallest absolute Gasteiger partial charge is 0.262 e. The number of halogens is 1. The van der Waals surface area contributed by atoms with Gasteiger partial charge in [-0.3, -0.25) is 34.3 Å². The van der Waals surface area contributed by atoms with Crippen LogP contribution in [0.1, 0.15) is 83.7 Å². The van der Waals surface area contributed by atoms with Crippen LogP contribution in [0.25, 0.3) is 4.85 Å². The van der Waals surface area contributed by atoms with Crippen molar-refractivity contribution in [2.24, 2.45) is 11.3 Å². The summed E-state index contributed by atoms with van der Waals surface area (Å²) in [6, 6.07) is 16.0. The number of nitrogens with one attached hydrogen (secondary N) is 1. The molecule has 9 rings (SSSR count). The second-order valence-corrected chi connectivity index (χ2v) is 19.4. The lowest BCUT2D eigenvalue weighted by atomic mass is 9.76. The molecule has 58 heavy (non-hydrogen) atoms. The summed E-state index contributed by atoms with van der Waals surface area (Å²) >= 11 is 6.38. The molecule has 3 aromatic rings. The molecule has 0 bridgehead atoms. The maximum absolute atomic E-state index is 13.8. The summed E-state index contributed by atoms with van der Waals surface area (Å²) in [6.45, 7) is 15.3. The Kier molecular flexibility index (Phi) is 9.86. The topological polar surface area (TPSA) is 135 Å². The molecular weight excluding hydrogens is 778 g/mol. The van der Waals surface area contributed by atoms with E-state index in [1.54, 1.807) is 34.6 Å². The van der Waals surface area contributed by atoms with Gasteiger partial charge in [-0.05, 0) is 116 Å². The van der Waals surface area contributed by atoms with Crippen molar-refractivity contribution in [3.05, 3.63) is 93.3 Å². The second-order valence-electron chi connectivity index (χ2n) is 17.0. The van der Waals surface area contributed by atoms with Crippen LogP contribution in [0, 0.1) is 17.9 Å². The number of rotatable bonds is 7. The number of piperidine rings is 3. The summed E-state index contributed by atoms with van der Waals surface area (Å²) in [6.07, 6.45) is 4.88. The molecule has 4 fully saturated rings. The number of nitrogens with zero attached hydrogens (tertiary/aromatic N) is 6. The monoisotopic (exact) mass is 823 g/mol. The number of hydrogen-bond donors (Lipinski definition) is 1. The molecule has 6 heterocycles. The molecule has 0 aliphatic carbocycles. The van der Waals surface area contributed by atoms with Crippen molar-refractivity contribution in [3.8, 4) is 0 Å². The lowest BCUT2D eigenvalue weighted by Gasteiger charge is -2.40. The van der Waals surface area contributed by atoms with Crippen molar-refractivity contribution in [1.29, 1.82) is 0 Å². The molecule has 0 saturated carbocycles. The van der Waals surface area contributed by atoms with Gasteiger partial charge in [-0.2, -0.15) is 4.31 Å². The first-order chi connectivity index (χ1) is 27.8. The lowest BCUT2D eigenvalue weighted by molar-refractivity contribution is -0.136. The van der Waals surface area contributed by atoms with Crippen molar-refractivity contribution >= 4 is 62.3 Å². The summed E-state index contributed by atoms with van der Waals surface area (Å²) in [5.74, 6) is -1.72. The van der Waals surface area contributed by atoms with Gasteiger partial charge in [-0.25, -0.2) is 13.3 Å². The molecule has 6 aliphatic heterocycles. The zero-order chi connectivity index (χ0) is 40.5. The van der Waals surface area contributed by atoms with Gasteiger partial charge in [0.25, 0.3) is 11.8 Å². The molecule has 15 heteroatoms. The van der Waals surface area contributed by atoms with E-state index >= 15 is 0 Å². The molecule has 0 aromatic heterocycles. The van der Waals surface area contributed by atoms with Gasteiger partial charge < -0.3 is 9.80 Å². The first-order valence-electron chi connectivity index (χ1n) is 20.2. The number of anilines is 2. The van der Waals surface area contributed by atoms with Gasteiger partial charge in [-0.15, -0.1) is 0 Å². The molecule has 4 saturated heterocycles. The van der Waals surface area contributed by atoms with Crippen LogP contribution in [-0.2, 0) is 32.7 Å². The molecule has 302 valence electrons. The zero-order valence-electron chi connectivity index (χ0n) is 32.5. The van der Waals surface area contributed by atoms with E-state index in [0.717, 1.165) is 85.7 Å². The summed E-state index contributed by atoms with van der Waals surface area (Å²) in [7, 11) is -3.64. The standard InChI is InChI=1S/C43H46ClN7O6S/c1-27-22-43(26-50(27)32-5-8-37(45-2)36(44)21-32)13-17-48(18-14-43)31-3-6-33(7-4-31)58(56,57)49-15-11-28(12-16-49)23-47-24-29-19-34-35(20-30(29)25-47)42(55)51(41(34)54)38-9-10-39(52)46-40(38)53/h3-8,19-21,27-28,38H,9-18,22-26H2,1H3,(H,46,52,53)/t27-,38?/m0/s1. The van der Waals surface area contributed by atoms with Gasteiger partial charge in [0.1, 0.15) is 6.04 Å². The van der Waals surface area contributed by atoms with Gasteiger partial charge in [0.15, 0.2) is 0 Å². The van der Waals surface area contributed by atoms with E-state index in [0.29, 0.717) is 64.9 Å². The molecule has 2 atom stereocenters. The fraction of sp³-hybridized carbons (Fsp3) is 0.465. The number of benzene rings is 3. The van der Waals surface area contributed by atoms with E-state index in [1.807, 2.05) is 24.3 Å². The van der Waals surface area contributed by atoms with Gasteiger partial charge in [0, 0.05) is 81.2 Å². The van der Waals surface area contributed by atoms with Crippen molar-refractivity contribution in [2.45, 2.75) is 81.9 Å². The van der Waals surface area contributed by atoms with Crippen LogP contribution in [0.5, 0.6) is 0 Å². The highest BCUT2D eigenvalue weighted by molar-refractivity contribution is 7.89. The predicted octanol–water partition coefficient (Wildman–Crippen LogP) is 5.59. The predicted molar refractivity (Wildman–Crippen MR) is 218 cm³/mol. The maximum Gasteiger partial charge on any atom is 0.262 e. The van der Waals surface area contributed by atoms with Crippen molar-refractivity contribution < 1.29 is 27.6 Å². The number of carbonyl (C=O) groups is 4. The van der Waals surface area contributed by atoms with Gasteiger partial charge in [0.05, 0.1) is 22.6 Å². The van der Waals surface area contributed by atoms with E-state index in [9.17, 15) is 27.6 Å². The molecule has 4 amide bonds. The number of sulfonamides is 1. The first kappa shape index (κ1) is 38.7. The third-order valence-corrected chi connectivity index (χ3v) is 15.7. The Bertz CT molecular complexity index is 2320. The van der Waals surface area contributed by atoms with E-state index in [2.05, 4.69) is 31.8 Å². The van der Waals surface area contributed by atoms with Crippen LogP contribution in [0.15, 0.2) is 59.5 Å². The molecule has 6 aliphatic rings. The van der Waals surface area contributed by atoms with Crippen molar-refractivity contribution in [2.75, 3.05) is 49.1 Å². The van der Waals surface area contributed by atoms with E-state index < -0.39 is 39.7 Å². The first-order valence-corrected chi connectivity index (χ1v) is 22.0. The minimum Gasteiger partial charge on any atom is -0.371 e. The molecule has 3 aromatic carbocycles. The minimum absolute atomic E-state index is 0.0783. The fourth-order valence-corrected chi connectivity index (χ4v) is 12.0. The largest absolute Gasteiger partial charge is 0.371 e. The molecule has 1 N–H and O–H groups in total. The summed E-state index contributed by atoms with van der Waals surface area (Å²) < 4.78 is 29.1. The Balaban J connectivity index is 0.761. The highest BCUT2D eigenvalue weighted by Crippen LogP contribution is 2.46. The highest BCUT2D eigenvalue weighted by Gasteiger charge is 2.46. The summed E-state index contributed by atoms with van der Waals surface area (Å²) in [4.78, 5) is 62.6. The van der Waals surface area contributed by atoms with E-state index in [4.69, 9.17) is 18.2 Å². The minimum atomic E-state index is -3.64. The summed E-state index contributed by atoms with van der Waals surface area (Å²) in [5.41, 5.74) is 5.33. The average Bonchev–Trinajstić information content (AvgIpc) is 3.84. The highest BCUT2D eigenvalue weighted by atomic mass is 35.5. The van der Waals surface area contributed by atoms with Crippen molar-refractivity contribution in [1.82, 2.24) is 19.4 Å².